The SMILES string of the molecule is CC(C)N(C)S(=O)(=O)NC(c1ccc(F)cc1)c1nccn1C. The third kappa shape index (κ3) is 3.95. The smallest absolute Gasteiger partial charge is 0.280 e. The van der Waals surface area contributed by atoms with Crippen LogP contribution in [0.1, 0.15) is 31.3 Å². The Balaban J connectivity index is 2.43. The number of nitrogens with one attached hydrogen (secondary N) is 1. The first-order chi connectivity index (χ1) is 10.7. The standard InChI is InChI=1S/C15H21FN4O2S/c1-11(2)20(4)23(21,22)18-14(15-17-9-10-19(15)3)12-5-7-13(16)8-6-12/h5-11,14,18H,1-4H3. The van der Waals surface area contributed by atoms with E-state index in [1.165, 1.54) is 23.5 Å². The van der Waals surface area contributed by atoms with Crippen LogP contribution in [0.5, 0.6) is 0 Å². The minimum absolute atomic E-state index is 0.192. The molecule has 6 nitrogen and oxygen atoms in total. The first-order valence-electron chi connectivity index (χ1n) is 7.20. The van der Waals surface area contributed by atoms with Crippen LogP contribution in [0.3, 0.4) is 0 Å². The topological polar surface area (TPSA) is 67.2 Å². The van der Waals surface area contributed by atoms with Gasteiger partial charge in [0.1, 0.15) is 17.7 Å². The average molecular weight is 340 g/mol. The lowest BCUT2D eigenvalue weighted by Gasteiger charge is -2.25. The van der Waals surface area contributed by atoms with Crippen molar-refractivity contribution in [2.45, 2.75) is 25.9 Å². The number of benzene rings is 1. The molecule has 126 valence electrons. The third-order valence-corrected chi connectivity index (χ3v) is 5.41. The van der Waals surface area contributed by atoms with Crippen molar-refractivity contribution in [3.05, 3.63) is 53.9 Å². The molecule has 1 heterocycles. The molecule has 2 aromatic rings. The van der Waals surface area contributed by atoms with Gasteiger partial charge in [-0.2, -0.15) is 17.4 Å². The van der Waals surface area contributed by atoms with Crippen LogP contribution in [0, 0.1) is 5.82 Å². The van der Waals surface area contributed by atoms with Gasteiger partial charge in [-0.3, -0.25) is 0 Å². The van der Waals surface area contributed by atoms with E-state index in [0.717, 1.165) is 0 Å². The summed E-state index contributed by atoms with van der Waals surface area (Å²) >= 11 is 0. The number of aromatic nitrogens is 2. The molecule has 0 aliphatic heterocycles. The van der Waals surface area contributed by atoms with Gasteiger partial charge in [-0.15, -0.1) is 0 Å². The average Bonchev–Trinajstić information content (AvgIpc) is 2.91. The summed E-state index contributed by atoms with van der Waals surface area (Å²) in [6.07, 6.45) is 3.32. The highest BCUT2D eigenvalue weighted by Gasteiger charge is 2.28. The van der Waals surface area contributed by atoms with E-state index in [1.807, 2.05) is 0 Å². The molecule has 0 aliphatic rings. The molecule has 0 spiro atoms. The molecule has 0 fully saturated rings. The van der Waals surface area contributed by atoms with E-state index in [2.05, 4.69) is 9.71 Å². The number of imidazole rings is 1. The van der Waals surface area contributed by atoms with Crippen LogP contribution in [0.4, 0.5) is 4.39 Å². The zero-order valence-corrected chi connectivity index (χ0v) is 14.4. The van der Waals surface area contributed by atoms with Crippen molar-refractivity contribution in [1.82, 2.24) is 18.6 Å². The third-order valence-electron chi connectivity index (χ3n) is 3.69. The van der Waals surface area contributed by atoms with Gasteiger partial charge in [0.15, 0.2) is 0 Å². The minimum Gasteiger partial charge on any atom is -0.336 e. The van der Waals surface area contributed by atoms with Gasteiger partial charge in [-0.25, -0.2) is 9.37 Å². The van der Waals surface area contributed by atoms with Crippen molar-refractivity contribution >= 4 is 10.2 Å². The summed E-state index contributed by atoms with van der Waals surface area (Å²) < 4.78 is 43.9. The summed E-state index contributed by atoms with van der Waals surface area (Å²) in [5.74, 6) is 0.145. The quantitative estimate of drug-likeness (QED) is 0.872. The lowest BCUT2D eigenvalue weighted by Crippen LogP contribution is -2.44. The van der Waals surface area contributed by atoms with Crippen molar-refractivity contribution in [2.75, 3.05) is 7.05 Å². The zero-order valence-electron chi connectivity index (χ0n) is 13.6. The normalized spacial score (nSPS) is 13.7. The highest BCUT2D eigenvalue weighted by atomic mass is 32.2. The highest BCUT2D eigenvalue weighted by Crippen LogP contribution is 2.22. The van der Waals surface area contributed by atoms with Gasteiger partial charge in [0, 0.05) is 32.5 Å². The van der Waals surface area contributed by atoms with Crippen molar-refractivity contribution < 1.29 is 12.8 Å². The fourth-order valence-corrected chi connectivity index (χ4v) is 3.35. The molecule has 1 atom stereocenters. The second kappa shape index (κ2) is 6.77. The number of aryl methyl sites for hydroxylation is 1. The van der Waals surface area contributed by atoms with E-state index in [1.54, 1.807) is 50.0 Å². The Labute approximate surface area is 136 Å². The Morgan fingerprint density at radius 2 is 1.87 bits per heavy atom. The van der Waals surface area contributed by atoms with Crippen molar-refractivity contribution in [1.29, 1.82) is 0 Å². The summed E-state index contributed by atoms with van der Waals surface area (Å²) in [5, 5.41) is 0. The first kappa shape index (κ1) is 17.6. The Bertz CT molecular complexity index is 756. The predicted octanol–water partition coefficient (Wildman–Crippen LogP) is 1.82. The minimum atomic E-state index is -3.72. The molecule has 1 aromatic carbocycles. The van der Waals surface area contributed by atoms with Crippen LogP contribution in [0.25, 0.3) is 0 Å². The molecule has 0 amide bonds. The molecule has 1 N–H and O–H groups in total. The van der Waals surface area contributed by atoms with Crippen LogP contribution in [0.2, 0.25) is 0 Å². The molecule has 23 heavy (non-hydrogen) atoms. The van der Waals surface area contributed by atoms with Crippen LogP contribution < -0.4 is 4.72 Å². The van der Waals surface area contributed by atoms with Crippen molar-refractivity contribution in [3.8, 4) is 0 Å². The van der Waals surface area contributed by atoms with E-state index in [9.17, 15) is 12.8 Å². The van der Waals surface area contributed by atoms with E-state index in [0.29, 0.717) is 11.4 Å². The maximum atomic E-state index is 13.2. The van der Waals surface area contributed by atoms with Gasteiger partial charge in [-0.05, 0) is 31.5 Å². The Morgan fingerprint density at radius 1 is 1.26 bits per heavy atom. The number of rotatable bonds is 6. The molecule has 0 bridgehead atoms. The van der Waals surface area contributed by atoms with Gasteiger partial charge in [0.05, 0.1) is 0 Å². The summed E-state index contributed by atoms with van der Waals surface area (Å²) in [5.41, 5.74) is 0.612. The molecule has 0 saturated carbocycles. The van der Waals surface area contributed by atoms with Crippen LogP contribution in [-0.4, -0.2) is 35.4 Å². The van der Waals surface area contributed by atoms with E-state index in [4.69, 9.17) is 0 Å². The van der Waals surface area contributed by atoms with Crippen LogP contribution in [0.15, 0.2) is 36.7 Å². The number of halogens is 1. The van der Waals surface area contributed by atoms with Gasteiger partial charge >= 0.3 is 0 Å². The molecular weight excluding hydrogens is 319 g/mol. The second-order valence-electron chi connectivity index (χ2n) is 5.61. The largest absolute Gasteiger partial charge is 0.336 e. The summed E-state index contributed by atoms with van der Waals surface area (Å²) in [6.45, 7) is 3.57. The predicted molar refractivity (Wildman–Crippen MR) is 86.4 cm³/mol. The van der Waals surface area contributed by atoms with Crippen LogP contribution in [-0.2, 0) is 17.3 Å². The molecule has 1 aromatic heterocycles. The number of hydrogen-bond donors (Lipinski definition) is 1. The molecule has 8 heteroatoms. The maximum absolute atomic E-state index is 13.2. The van der Waals surface area contributed by atoms with E-state index in [-0.39, 0.29) is 11.9 Å². The summed E-state index contributed by atoms with van der Waals surface area (Å²) in [7, 11) is -0.439. The Kier molecular flexibility index (Phi) is 5.18. The van der Waals surface area contributed by atoms with E-state index < -0.39 is 16.3 Å². The van der Waals surface area contributed by atoms with Gasteiger partial charge < -0.3 is 4.57 Å². The molecule has 0 radical (unpaired) electrons. The molecule has 1 unspecified atom stereocenters. The molecular formula is C15H21FN4O2S. The Morgan fingerprint density at radius 3 is 2.35 bits per heavy atom. The molecule has 0 aliphatic carbocycles. The lowest BCUT2D eigenvalue weighted by molar-refractivity contribution is 0.398. The highest BCUT2D eigenvalue weighted by molar-refractivity contribution is 7.87. The number of hydrogen-bond acceptors (Lipinski definition) is 3. The van der Waals surface area contributed by atoms with Crippen molar-refractivity contribution in [3.63, 3.8) is 0 Å². The van der Waals surface area contributed by atoms with Gasteiger partial charge in [-0.1, -0.05) is 12.1 Å². The van der Waals surface area contributed by atoms with Gasteiger partial charge in [0.25, 0.3) is 10.2 Å². The van der Waals surface area contributed by atoms with E-state index >= 15 is 0 Å². The summed E-state index contributed by atoms with van der Waals surface area (Å²) in [6, 6.07) is 4.79. The maximum Gasteiger partial charge on any atom is 0.280 e. The second-order valence-corrected chi connectivity index (χ2v) is 7.38. The molecule has 0 saturated heterocycles. The lowest BCUT2D eigenvalue weighted by atomic mass is 10.1. The molecule has 2 rings (SSSR count). The monoisotopic (exact) mass is 340 g/mol. The fourth-order valence-electron chi connectivity index (χ4n) is 2.09. The Hall–Kier alpha value is -1.77. The van der Waals surface area contributed by atoms with Gasteiger partial charge in [0.2, 0.25) is 0 Å². The zero-order chi connectivity index (χ0) is 17.2. The van der Waals surface area contributed by atoms with Crippen molar-refractivity contribution in [2.24, 2.45) is 7.05 Å². The van der Waals surface area contributed by atoms with Crippen LogP contribution >= 0.6 is 0 Å². The fraction of sp³-hybridized carbons (Fsp3) is 0.400. The number of nitrogens with zero attached hydrogens (tertiary/aromatic N) is 3. The first-order valence-corrected chi connectivity index (χ1v) is 8.64. The summed E-state index contributed by atoms with van der Waals surface area (Å²) in [4.78, 5) is 4.23.